The van der Waals surface area contributed by atoms with E-state index in [-0.39, 0.29) is 128 Å². The number of unbranched alkanes of at least 4 members (excludes halogenated alkanes) is 5. The van der Waals surface area contributed by atoms with Gasteiger partial charge in [-0.25, -0.2) is 0 Å². The third-order valence-electron chi connectivity index (χ3n) is 22.4. The van der Waals surface area contributed by atoms with Crippen LogP contribution in [0.3, 0.4) is 0 Å². The molecule has 40 heteroatoms. The summed E-state index contributed by atoms with van der Waals surface area (Å²) in [6.07, 6.45) is -5.72. The Bertz CT molecular complexity index is 4350. The van der Waals surface area contributed by atoms with Crippen LogP contribution < -0.4 is 41.4 Å². The molecule has 1 saturated carbocycles. The Balaban J connectivity index is 0.901. The molecule has 3 fully saturated rings. The van der Waals surface area contributed by atoms with Crippen LogP contribution in [-0.2, 0) is 144 Å². The Kier molecular flexibility index (Phi) is 45.6. The van der Waals surface area contributed by atoms with E-state index in [0.29, 0.717) is 50.0 Å². The summed E-state index contributed by atoms with van der Waals surface area (Å²) in [5.74, 6) is -8.81. The van der Waals surface area contributed by atoms with Crippen molar-refractivity contribution >= 4 is 94.7 Å². The summed E-state index contributed by atoms with van der Waals surface area (Å²) in [7, 11) is 3.18. The molecular formula is C94H128N6O34. The van der Waals surface area contributed by atoms with Gasteiger partial charge in [-0.05, 0) is 84.8 Å². The second-order valence-corrected chi connectivity index (χ2v) is 32.9. The second-order valence-electron chi connectivity index (χ2n) is 32.9. The normalized spacial score (nSPS) is 21.3. The van der Waals surface area contributed by atoms with Gasteiger partial charge in [-0.15, -0.1) is 0 Å². The summed E-state index contributed by atoms with van der Waals surface area (Å²) in [6.45, 7) is 11.6. The van der Waals surface area contributed by atoms with Crippen molar-refractivity contribution in [3.63, 3.8) is 0 Å². The monoisotopic (exact) mass is 1880 g/mol. The first-order valence-electron chi connectivity index (χ1n) is 44.5. The number of carbonyl (C=O) groups excluding carboxylic acids is 14. The number of esters is 7. The van der Waals surface area contributed by atoms with Gasteiger partial charge in [0.2, 0.25) is 23.6 Å². The van der Waals surface area contributed by atoms with Crippen LogP contribution in [0.4, 0.5) is 5.69 Å². The number of ether oxygens (including phenoxy) is 18. The molecule has 5 unspecified atom stereocenters. The molecule has 2 saturated heterocycles. The molecule has 738 valence electrons. The van der Waals surface area contributed by atoms with Crippen molar-refractivity contribution in [1.82, 2.24) is 26.6 Å². The Labute approximate surface area is 778 Å². The predicted octanol–water partition coefficient (Wildman–Crippen LogP) is 6.16. The van der Waals surface area contributed by atoms with Crippen LogP contribution in [-0.4, -0.2) is 282 Å². The fourth-order valence-corrected chi connectivity index (χ4v) is 15.8. The number of hydrogen-bond acceptors (Lipinski definition) is 33. The van der Waals surface area contributed by atoms with Gasteiger partial charge in [-0.1, -0.05) is 94.1 Å². The van der Waals surface area contributed by atoms with Crippen molar-refractivity contribution in [2.24, 2.45) is 16.7 Å². The largest absolute Gasteiger partial charge is 0.497 e. The van der Waals surface area contributed by atoms with Crippen molar-refractivity contribution in [3.8, 4) is 11.5 Å². The highest BCUT2D eigenvalue weighted by atomic mass is 16.7. The lowest BCUT2D eigenvalue weighted by molar-refractivity contribution is -0.279. The minimum atomic E-state index is -1.33. The number of amides is 6. The van der Waals surface area contributed by atoms with Gasteiger partial charge in [0, 0.05) is 115 Å². The van der Waals surface area contributed by atoms with Crippen LogP contribution in [0.5, 0.6) is 11.5 Å². The topological polar surface area (TPSA) is 515 Å². The number of carbonyl (C=O) groups is 15. The van der Waals surface area contributed by atoms with Crippen LogP contribution in [0.25, 0.3) is 0 Å². The summed E-state index contributed by atoms with van der Waals surface area (Å²) in [4.78, 5) is 190. The number of hydrogen-bond donors (Lipinski definition) is 7. The van der Waals surface area contributed by atoms with Crippen molar-refractivity contribution in [3.05, 3.63) is 125 Å². The molecule has 0 aromatic heterocycles. The van der Waals surface area contributed by atoms with Crippen LogP contribution in [0.2, 0.25) is 0 Å². The first-order chi connectivity index (χ1) is 64.0. The van der Waals surface area contributed by atoms with Gasteiger partial charge in [0.25, 0.3) is 11.8 Å². The first kappa shape index (κ1) is 109. The number of methoxy groups -OCH3 is 2. The molecule has 40 nitrogen and oxygen atoms in total. The van der Waals surface area contributed by atoms with E-state index >= 15 is 0 Å². The molecule has 7 rings (SSSR count). The van der Waals surface area contributed by atoms with E-state index in [1.807, 2.05) is 85.8 Å². The van der Waals surface area contributed by atoms with Crippen molar-refractivity contribution in [1.29, 1.82) is 0 Å². The van der Waals surface area contributed by atoms with Crippen LogP contribution in [0.1, 0.15) is 184 Å². The van der Waals surface area contributed by atoms with E-state index in [4.69, 9.17) is 85.3 Å². The number of benzene rings is 4. The van der Waals surface area contributed by atoms with E-state index in [1.54, 1.807) is 14.2 Å². The number of carboxylic acid groups (broad SMARTS) is 1. The third kappa shape index (κ3) is 35.6. The maximum Gasteiger partial charge on any atom is 0.306 e. The van der Waals surface area contributed by atoms with Gasteiger partial charge in [-0.2, -0.15) is 0 Å². The average Bonchev–Trinajstić information content (AvgIpc) is 1.50. The molecule has 13 atom stereocenters. The first-order valence-corrected chi connectivity index (χ1v) is 44.5. The van der Waals surface area contributed by atoms with Gasteiger partial charge in [0.1, 0.15) is 60.4 Å². The lowest BCUT2D eigenvalue weighted by atomic mass is 9.68. The number of ketones is 1. The van der Waals surface area contributed by atoms with E-state index in [1.165, 1.54) is 32.0 Å². The molecule has 4 aromatic rings. The Morgan fingerprint density at radius 1 is 0.433 bits per heavy atom. The molecule has 0 spiro atoms. The standard InChI is InChI=1S/C94H128N6O34/c1-58(101)98-82-86(131-64(7)107)84(129-62(5)105)76(54-125-60(3)103)133-90(82)123-46-44-121-42-40-119-38-36-95-88(115)66-48-67(89(116)96-37-39-120-41-43-122-45-47-124-91-83(99-59(2)102)87(132-65(8)108)85(130-63(6)106)77(134-91)55-126-61(4)104)50-72(49-66)100-79(111)53-97-78(110)25-21-16-14-13-15-20-24-75(109)68-51-92(9,56-127-81(114)35-34-80(112)113)93(10,52-68)57-128-94(69-22-18-17-19-23-69,70-26-30-73(117-11)31-27-70)71-28-32-74(118-12)33-29-71/h17-19,22-23,26-33,48-50,68,76-77,82-87,90-91H,13-16,20-21,24-25,34-47,51-57H2,1-12H3,(H,95,115)(H,96,116)(H,97,110)(H,98,101)(H,99,102)(H,100,111)(H,112,113)/t68?,76-,77-,82-,83-,84+,85+,86-,87-,90?,91?,92?,93?/m1/s1. The van der Waals surface area contributed by atoms with Gasteiger partial charge >= 0.3 is 47.8 Å². The van der Waals surface area contributed by atoms with Crippen LogP contribution >= 0.6 is 0 Å². The van der Waals surface area contributed by atoms with Crippen molar-refractivity contribution in [2.75, 3.05) is 132 Å². The molecule has 6 amide bonds. The summed E-state index contributed by atoms with van der Waals surface area (Å²) >= 11 is 0. The average molecular weight is 1890 g/mol. The number of rotatable bonds is 58. The highest BCUT2D eigenvalue weighted by molar-refractivity contribution is 6.03. The summed E-state index contributed by atoms with van der Waals surface area (Å²) in [5, 5.41) is 25.3. The minimum absolute atomic E-state index is 0.0177. The van der Waals surface area contributed by atoms with Gasteiger partial charge in [0.15, 0.2) is 37.0 Å². The van der Waals surface area contributed by atoms with E-state index in [9.17, 15) is 77.0 Å². The maximum atomic E-state index is 14.4. The third-order valence-corrected chi connectivity index (χ3v) is 22.4. The number of aliphatic carboxylic acids is 1. The molecule has 0 radical (unpaired) electrons. The number of Topliss-reactive ketones (excluding diaryl/α,β-unsaturated/α-hetero) is 1. The molecular weight excluding hydrogens is 1760 g/mol. The zero-order chi connectivity index (χ0) is 97.9. The van der Waals surface area contributed by atoms with Crippen molar-refractivity contribution in [2.45, 2.75) is 213 Å². The zero-order valence-electron chi connectivity index (χ0n) is 78.0. The maximum absolute atomic E-state index is 14.4. The Morgan fingerprint density at radius 3 is 1.27 bits per heavy atom. The summed E-state index contributed by atoms with van der Waals surface area (Å²) in [6, 6.07) is 26.7. The lowest BCUT2D eigenvalue weighted by Gasteiger charge is -2.44. The summed E-state index contributed by atoms with van der Waals surface area (Å²) < 4.78 is 103. The van der Waals surface area contributed by atoms with Gasteiger partial charge in [-0.3, -0.25) is 71.9 Å². The molecule has 134 heavy (non-hydrogen) atoms. The Hall–Kier alpha value is -11.6. The molecule has 1 aliphatic carbocycles. The zero-order valence-corrected chi connectivity index (χ0v) is 78.0. The number of nitrogens with one attached hydrogen (secondary N) is 6. The highest BCUT2D eigenvalue weighted by Crippen LogP contribution is 2.58. The number of anilines is 1. The molecule has 3 aliphatic rings. The predicted molar refractivity (Wildman–Crippen MR) is 473 cm³/mol. The van der Waals surface area contributed by atoms with Gasteiger partial charge in [0.05, 0.1) is 113 Å². The quantitative estimate of drug-likeness (QED) is 0.0113. The molecule has 2 heterocycles. The molecule has 0 bridgehead atoms. The van der Waals surface area contributed by atoms with E-state index in [0.717, 1.165) is 77.5 Å². The molecule has 2 aliphatic heterocycles. The Morgan fingerprint density at radius 2 is 0.843 bits per heavy atom. The summed E-state index contributed by atoms with van der Waals surface area (Å²) in [5.41, 5.74) is -0.358. The van der Waals surface area contributed by atoms with Gasteiger partial charge < -0.3 is 122 Å². The smallest absolute Gasteiger partial charge is 0.306 e. The van der Waals surface area contributed by atoms with E-state index in [2.05, 4.69) is 38.8 Å². The lowest BCUT2D eigenvalue weighted by Crippen LogP contribution is -2.66. The van der Waals surface area contributed by atoms with Crippen molar-refractivity contribution < 1.29 is 162 Å². The number of carboxylic acids is 1. The van der Waals surface area contributed by atoms with Crippen LogP contribution in [0.15, 0.2) is 97.1 Å². The van der Waals surface area contributed by atoms with Crippen LogP contribution in [0, 0.1) is 16.7 Å². The SMILES string of the molecule is COc1ccc(C(OCC2(C)CC(C(=O)CCCCCCCCC(=O)NCC(=O)Nc3cc(C(=O)NCCOCCOCCOC4O[C@H](COC(C)=O)[C@H](OC(C)=O)[C@H](OC(C)=O)[C@H]4NC(C)=O)cc(C(=O)NCCOCCOCCOC4O[C@H](COC(C)=O)[C@H](OC(C)=O)[C@H](OC(C)=O)[C@H]4NC(C)=O)c3)CC2(C)COC(=O)CCC(=O)O)(c2ccccc2)c2ccc(OC)cc2)cc1. The minimum Gasteiger partial charge on any atom is -0.497 e. The van der Waals surface area contributed by atoms with E-state index < -0.39 is 193 Å². The second kappa shape index (κ2) is 55.9. The fourth-order valence-electron chi connectivity index (χ4n) is 15.8. The molecule has 7 N–H and O–H groups in total. The fraction of sp³-hybridized carbons (Fsp3) is 0.585. The highest BCUT2D eigenvalue weighted by Gasteiger charge is 2.57. The molecule has 4 aromatic carbocycles.